The van der Waals surface area contributed by atoms with E-state index >= 15 is 0 Å². The van der Waals surface area contributed by atoms with E-state index in [0.717, 1.165) is 0 Å². The molecule has 7 heteroatoms. The minimum atomic E-state index is -0.675. The van der Waals surface area contributed by atoms with E-state index in [9.17, 15) is 14.4 Å². The monoisotopic (exact) mass is 191 g/mol. The maximum absolute atomic E-state index is 10.7. The van der Waals surface area contributed by atoms with Gasteiger partial charge in [0.05, 0.1) is 6.54 Å². The van der Waals surface area contributed by atoms with Crippen LogP contribution in [0.1, 0.15) is 6.92 Å². The normalized spacial score (nSPS) is 8.50. The molecule has 0 rings (SSSR count). The maximum atomic E-state index is 10.7. The highest BCUT2D eigenvalue weighted by atomic mass is 32.1. The van der Waals surface area contributed by atoms with Crippen molar-refractivity contribution in [2.45, 2.75) is 6.92 Å². The van der Waals surface area contributed by atoms with Crippen LogP contribution >= 0.6 is 12.6 Å². The van der Waals surface area contributed by atoms with Gasteiger partial charge in [-0.05, 0) is 0 Å². The van der Waals surface area contributed by atoms with Gasteiger partial charge in [-0.1, -0.05) is 12.6 Å². The summed E-state index contributed by atoms with van der Waals surface area (Å²) in [5.74, 6) is -0.838. The summed E-state index contributed by atoms with van der Waals surface area (Å²) in [7, 11) is 0. The summed E-state index contributed by atoms with van der Waals surface area (Å²) in [6, 6.07) is 0. The first kappa shape index (κ1) is 10.8. The van der Waals surface area contributed by atoms with Crippen LogP contribution in [0.15, 0.2) is 0 Å². The fraction of sp³-hybridized carbons (Fsp3) is 0.400. The molecule has 0 unspecified atom stereocenters. The lowest BCUT2D eigenvalue weighted by Gasteiger charge is -2.03. The number of rotatable bonds is 2. The SMILES string of the molecule is CC(=O)NCC(=O)NNC(=O)S. The van der Waals surface area contributed by atoms with E-state index in [1.54, 1.807) is 0 Å². The molecule has 3 amide bonds. The average Bonchev–Trinajstić information content (AvgIpc) is 1.96. The Morgan fingerprint density at radius 1 is 1.25 bits per heavy atom. The minimum absolute atomic E-state index is 0.177. The van der Waals surface area contributed by atoms with E-state index in [-0.39, 0.29) is 12.5 Å². The van der Waals surface area contributed by atoms with Gasteiger partial charge in [0.15, 0.2) is 0 Å². The summed E-state index contributed by atoms with van der Waals surface area (Å²) in [6.45, 7) is 1.11. The summed E-state index contributed by atoms with van der Waals surface area (Å²) < 4.78 is 0. The maximum Gasteiger partial charge on any atom is 0.294 e. The van der Waals surface area contributed by atoms with Gasteiger partial charge in [-0.3, -0.25) is 25.2 Å². The fourth-order valence-electron chi connectivity index (χ4n) is 0.372. The molecule has 6 nitrogen and oxygen atoms in total. The third-order valence-electron chi connectivity index (χ3n) is 0.807. The van der Waals surface area contributed by atoms with Gasteiger partial charge in [-0.25, -0.2) is 0 Å². The zero-order valence-corrected chi connectivity index (χ0v) is 7.27. The third-order valence-corrected chi connectivity index (χ3v) is 0.919. The van der Waals surface area contributed by atoms with Crippen LogP contribution in [0.2, 0.25) is 0 Å². The second-order valence-electron chi connectivity index (χ2n) is 1.89. The van der Waals surface area contributed by atoms with Crippen LogP contribution in [0, 0.1) is 0 Å². The van der Waals surface area contributed by atoms with Crippen molar-refractivity contribution >= 4 is 29.7 Å². The molecule has 0 fully saturated rings. The molecular weight excluding hydrogens is 182 g/mol. The molecule has 0 aliphatic heterocycles. The Hall–Kier alpha value is -1.24. The molecule has 0 aromatic rings. The van der Waals surface area contributed by atoms with Crippen molar-refractivity contribution in [2.24, 2.45) is 0 Å². The number of nitrogens with one attached hydrogen (secondary N) is 3. The molecule has 0 aliphatic rings. The van der Waals surface area contributed by atoms with E-state index in [1.165, 1.54) is 6.92 Å². The second kappa shape index (κ2) is 5.42. The highest BCUT2D eigenvalue weighted by Crippen LogP contribution is 1.71. The summed E-state index contributed by atoms with van der Waals surface area (Å²) in [6.07, 6.45) is 0. The molecule has 0 saturated heterocycles. The standard InChI is InChI=1S/C5H9N3O3S/c1-3(9)6-2-4(10)7-8-5(11)12/h2H2,1H3,(H,6,9)(H,7,10)(H2,8,11,12). The first-order valence-corrected chi connectivity index (χ1v) is 3.49. The first-order chi connectivity index (χ1) is 5.52. The van der Waals surface area contributed by atoms with Gasteiger partial charge in [-0.2, -0.15) is 0 Å². The number of amides is 3. The summed E-state index contributed by atoms with van der Waals surface area (Å²) in [4.78, 5) is 31.1. The van der Waals surface area contributed by atoms with Crippen molar-refractivity contribution in [2.75, 3.05) is 6.54 Å². The van der Waals surface area contributed by atoms with Gasteiger partial charge in [0.25, 0.3) is 11.1 Å². The molecule has 0 saturated carbocycles. The van der Waals surface area contributed by atoms with Crippen molar-refractivity contribution in [1.82, 2.24) is 16.2 Å². The Morgan fingerprint density at radius 2 is 1.83 bits per heavy atom. The Balaban J connectivity index is 3.47. The van der Waals surface area contributed by atoms with Crippen LogP contribution in [0.4, 0.5) is 4.79 Å². The Kier molecular flexibility index (Phi) is 4.86. The van der Waals surface area contributed by atoms with Gasteiger partial charge in [0.1, 0.15) is 0 Å². The molecule has 0 heterocycles. The Labute approximate surface area is 74.5 Å². The molecule has 12 heavy (non-hydrogen) atoms. The van der Waals surface area contributed by atoms with Gasteiger partial charge in [0.2, 0.25) is 5.91 Å². The topological polar surface area (TPSA) is 87.3 Å². The molecule has 0 aromatic carbocycles. The van der Waals surface area contributed by atoms with E-state index in [2.05, 4.69) is 17.9 Å². The third kappa shape index (κ3) is 6.87. The van der Waals surface area contributed by atoms with E-state index < -0.39 is 11.1 Å². The number of carbonyl (C=O) groups excluding carboxylic acids is 3. The largest absolute Gasteiger partial charge is 0.347 e. The Morgan fingerprint density at radius 3 is 2.25 bits per heavy atom. The molecule has 0 aromatic heterocycles. The van der Waals surface area contributed by atoms with Crippen molar-refractivity contribution in [3.8, 4) is 0 Å². The second-order valence-corrected chi connectivity index (χ2v) is 2.29. The first-order valence-electron chi connectivity index (χ1n) is 3.04. The van der Waals surface area contributed by atoms with Crippen molar-refractivity contribution in [3.63, 3.8) is 0 Å². The van der Waals surface area contributed by atoms with E-state index in [1.807, 2.05) is 10.9 Å². The lowest BCUT2D eigenvalue weighted by atomic mass is 10.6. The number of hydrogen-bond acceptors (Lipinski definition) is 3. The Bertz CT molecular complexity index is 186. The zero-order chi connectivity index (χ0) is 9.56. The predicted octanol–water partition coefficient (Wildman–Crippen LogP) is -1.21. The number of thiol groups is 1. The molecule has 0 atom stereocenters. The van der Waals surface area contributed by atoms with Crippen molar-refractivity contribution in [3.05, 3.63) is 0 Å². The molecular formula is C5H9N3O3S. The van der Waals surface area contributed by atoms with Gasteiger partial charge >= 0.3 is 0 Å². The van der Waals surface area contributed by atoms with Crippen molar-refractivity contribution in [1.29, 1.82) is 0 Å². The molecule has 0 spiro atoms. The average molecular weight is 191 g/mol. The predicted molar refractivity (Wildman–Crippen MR) is 44.3 cm³/mol. The molecule has 0 bridgehead atoms. The number of hydrogen-bond donors (Lipinski definition) is 4. The molecule has 0 aliphatic carbocycles. The van der Waals surface area contributed by atoms with Crippen LogP contribution < -0.4 is 16.2 Å². The van der Waals surface area contributed by atoms with Crippen LogP contribution in [0.5, 0.6) is 0 Å². The highest BCUT2D eigenvalue weighted by molar-refractivity contribution is 7.96. The zero-order valence-electron chi connectivity index (χ0n) is 6.38. The van der Waals surface area contributed by atoms with Gasteiger partial charge < -0.3 is 5.32 Å². The smallest absolute Gasteiger partial charge is 0.294 e. The number of carbonyl (C=O) groups is 3. The van der Waals surface area contributed by atoms with Crippen LogP contribution in [0.3, 0.4) is 0 Å². The summed E-state index contributed by atoms with van der Waals surface area (Å²) in [5.41, 5.74) is 3.95. The van der Waals surface area contributed by atoms with Gasteiger partial charge in [0, 0.05) is 6.92 Å². The van der Waals surface area contributed by atoms with Crippen LogP contribution in [0.25, 0.3) is 0 Å². The van der Waals surface area contributed by atoms with Crippen LogP contribution in [-0.4, -0.2) is 23.6 Å². The molecule has 68 valence electrons. The lowest BCUT2D eigenvalue weighted by Crippen LogP contribution is -2.44. The highest BCUT2D eigenvalue weighted by Gasteiger charge is 2.01. The lowest BCUT2D eigenvalue weighted by molar-refractivity contribution is -0.125. The van der Waals surface area contributed by atoms with Crippen molar-refractivity contribution < 1.29 is 14.4 Å². The molecule has 0 radical (unpaired) electrons. The van der Waals surface area contributed by atoms with E-state index in [4.69, 9.17) is 0 Å². The fourth-order valence-corrected chi connectivity index (χ4v) is 0.428. The minimum Gasteiger partial charge on any atom is -0.347 e. The van der Waals surface area contributed by atoms with Gasteiger partial charge in [-0.15, -0.1) is 0 Å². The summed E-state index contributed by atoms with van der Waals surface area (Å²) >= 11 is 3.33. The quantitative estimate of drug-likeness (QED) is 0.326. The summed E-state index contributed by atoms with van der Waals surface area (Å²) in [5, 5.41) is 1.57. The molecule has 3 N–H and O–H groups in total. The van der Waals surface area contributed by atoms with Crippen LogP contribution in [-0.2, 0) is 9.59 Å². The van der Waals surface area contributed by atoms with E-state index in [0.29, 0.717) is 0 Å². The number of hydrazine groups is 1.